The van der Waals surface area contributed by atoms with Gasteiger partial charge in [0.2, 0.25) is 0 Å². The van der Waals surface area contributed by atoms with Crippen molar-refractivity contribution in [3.63, 3.8) is 0 Å². The maximum Gasteiger partial charge on any atom is 0.298 e. The summed E-state index contributed by atoms with van der Waals surface area (Å²) in [5.41, 5.74) is 7.27. The Morgan fingerprint density at radius 1 is 1.07 bits per heavy atom. The third-order valence-electron chi connectivity index (χ3n) is 5.64. The molecule has 3 aromatic heterocycles. The molecule has 0 saturated carbocycles. The van der Waals surface area contributed by atoms with Crippen molar-refractivity contribution in [3.8, 4) is 17.1 Å². The van der Waals surface area contributed by atoms with Crippen LogP contribution in [0.3, 0.4) is 0 Å². The third-order valence-corrected chi connectivity index (χ3v) is 5.64. The van der Waals surface area contributed by atoms with E-state index in [0.717, 1.165) is 29.8 Å². The van der Waals surface area contributed by atoms with Gasteiger partial charge in [-0.2, -0.15) is 9.78 Å². The Morgan fingerprint density at radius 2 is 1.86 bits per heavy atom. The van der Waals surface area contributed by atoms with Crippen molar-refractivity contribution in [1.29, 1.82) is 0 Å². The van der Waals surface area contributed by atoms with Crippen LogP contribution in [-0.2, 0) is 6.42 Å². The number of hydrogen-bond acceptors (Lipinski definition) is 5. The van der Waals surface area contributed by atoms with E-state index in [4.69, 9.17) is 0 Å². The Labute approximate surface area is 161 Å². The minimum Gasteiger partial charge on any atom is -0.374 e. The van der Waals surface area contributed by atoms with Crippen LogP contribution in [0.1, 0.15) is 16.8 Å². The quantitative estimate of drug-likeness (QED) is 0.541. The number of fused-ring (bicyclic) bond motifs is 2. The zero-order valence-corrected chi connectivity index (χ0v) is 16.0. The molecule has 0 radical (unpaired) electrons. The highest BCUT2D eigenvalue weighted by Gasteiger charge is 2.24. The molecule has 1 aromatic carbocycles. The lowest BCUT2D eigenvalue weighted by Crippen LogP contribution is -2.25. The lowest BCUT2D eigenvalue weighted by Gasteiger charge is -2.13. The molecule has 0 saturated heterocycles. The normalized spacial score (nSPS) is 13.3. The minimum absolute atomic E-state index is 0.217. The highest BCUT2D eigenvalue weighted by Crippen LogP contribution is 2.39. The fourth-order valence-corrected chi connectivity index (χ4v) is 4.29. The predicted molar refractivity (Wildman–Crippen MR) is 108 cm³/mol. The number of anilines is 1. The first-order valence-corrected chi connectivity index (χ1v) is 9.28. The molecule has 4 aromatic rings. The van der Waals surface area contributed by atoms with Crippen molar-refractivity contribution in [3.05, 3.63) is 70.2 Å². The zero-order valence-electron chi connectivity index (χ0n) is 16.0. The zero-order chi connectivity index (χ0) is 19.4. The van der Waals surface area contributed by atoms with Crippen LogP contribution in [0, 0.1) is 13.8 Å². The van der Waals surface area contributed by atoms with Crippen LogP contribution in [0.25, 0.3) is 22.6 Å². The molecule has 0 bridgehead atoms. The molecular formula is C21H20N6O. The summed E-state index contributed by atoms with van der Waals surface area (Å²) < 4.78 is 3.14. The molecule has 0 spiro atoms. The number of likely N-dealkylation sites (N-methyl/N-ethyl adjacent to an activating group) is 1. The van der Waals surface area contributed by atoms with E-state index in [9.17, 15) is 4.79 Å². The van der Waals surface area contributed by atoms with Crippen molar-refractivity contribution in [1.82, 2.24) is 24.1 Å². The molecule has 28 heavy (non-hydrogen) atoms. The van der Waals surface area contributed by atoms with E-state index in [1.54, 1.807) is 24.8 Å². The van der Waals surface area contributed by atoms with Crippen LogP contribution >= 0.6 is 0 Å². The van der Waals surface area contributed by atoms with Gasteiger partial charge in [0.1, 0.15) is 11.8 Å². The lowest BCUT2D eigenvalue weighted by molar-refractivity contribution is 0.729. The summed E-state index contributed by atoms with van der Waals surface area (Å²) in [5, 5.41) is 4.30. The van der Waals surface area contributed by atoms with E-state index < -0.39 is 0 Å². The summed E-state index contributed by atoms with van der Waals surface area (Å²) in [5.74, 6) is 0.275. The van der Waals surface area contributed by atoms with E-state index in [2.05, 4.69) is 45.2 Å². The van der Waals surface area contributed by atoms with E-state index in [0.29, 0.717) is 5.52 Å². The fraction of sp³-hybridized carbons (Fsp3) is 0.238. The summed E-state index contributed by atoms with van der Waals surface area (Å²) in [7, 11) is 2.12. The number of hydrogen-bond donors (Lipinski definition) is 0. The fourth-order valence-electron chi connectivity index (χ4n) is 4.29. The monoisotopic (exact) mass is 372 g/mol. The van der Waals surface area contributed by atoms with Gasteiger partial charge in [0, 0.05) is 42.9 Å². The summed E-state index contributed by atoms with van der Waals surface area (Å²) in [6.45, 7) is 5.06. The first-order valence-electron chi connectivity index (χ1n) is 9.28. The first-order chi connectivity index (χ1) is 13.6. The largest absolute Gasteiger partial charge is 0.374 e. The Balaban J connectivity index is 1.80. The van der Waals surface area contributed by atoms with Crippen LogP contribution in [0.4, 0.5) is 5.69 Å². The molecule has 7 nitrogen and oxygen atoms in total. The van der Waals surface area contributed by atoms with E-state index in [1.807, 2.05) is 18.2 Å². The number of rotatable bonds is 2. The second kappa shape index (κ2) is 6.02. The van der Waals surface area contributed by atoms with Crippen LogP contribution in [0.15, 0.2) is 47.8 Å². The van der Waals surface area contributed by atoms with Crippen molar-refractivity contribution < 1.29 is 0 Å². The maximum absolute atomic E-state index is 13.2. The standard InChI is InChI=1S/C21H20N6O/c1-13-18(16-6-4-7-17-15(16)8-11-25(17)3)14(2)26-12-24-27(20(28)19(13)26)21-22-9-5-10-23-21/h4-7,9-10,12H,8,11H2,1-3H3. The van der Waals surface area contributed by atoms with E-state index >= 15 is 0 Å². The van der Waals surface area contributed by atoms with Crippen molar-refractivity contribution in [2.24, 2.45) is 0 Å². The number of aryl methyl sites for hydroxylation is 2. The molecule has 0 N–H and O–H groups in total. The van der Waals surface area contributed by atoms with Gasteiger partial charge in [-0.3, -0.25) is 9.20 Å². The molecule has 0 fully saturated rings. The number of benzene rings is 1. The van der Waals surface area contributed by atoms with Crippen molar-refractivity contribution in [2.75, 3.05) is 18.5 Å². The lowest BCUT2D eigenvalue weighted by atomic mass is 9.95. The molecule has 0 amide bonds. The van der Waals surface area contributed by atoms with Crippen LogP contribution in [0.2, 0.25) is 0 Å². The van der Waals surface area contributed by atoms with Gasteiger partial charge in [0.05, 0.1) is 0 Å². The van der Waals surface area contributed by atoms with Gasteiger partial charge in [-0.25, -0.2) is 9.97 Å². The summed E-state index contributed by atoms with van der Waals surface area (Å²) >= 11 is 0. The molecule has 140 valence electrons. The van der Waals surface area contributed by atoms with Crippen LogP contribution in [0.5, 0.6) is 0 Å². The number of nitrogens with zero attached hydrogens (tertiary/aromatic N) is 6. The maximum atomic E-state index is 13.2. The smallest absolute Gasteiger partial charge is 0.298 e. The van der Waals surface area contributed by atoms with Crippen LogP contribution < -0.4 is 10.5 Å². The predicted octanol–water partition coefficient (Wildman–Crippen LogP) is 2.55. The molecule has 1 aliphatic heterocycles. The number of aromatic nitrogens is 5. The Kier molecular flexibility index (Phi) is 3.58. The molecule has 4 heterocycles. The van der Waals surface area contributed by atoms with Gasteiger partial charge in [-0.15, -0.1) is 0 Å². The first kappa shape index (κ1) is 16.7. The third kappa shape index (κ3) is 2.22. The van der Waals surface area contributed by atoms with Gasteiger partial charge in [0.25, 0.3) is 11.5 Å². The second-order valence-electron chi connectivity index (χ2n) is 7.18. The van der Waals surface area contributed by atoms with Crippen molar-refractivity contribution >= 4 is 11.2 Å². The molecular weight excluding hydrogens is 352 g/mol. The van der Waals surface area contributed by atoms with E-state index in [1.165, 1.54) is 21.5 Å². The van der Waals surface area contributed by atoms with Gasteiger partial charge < -0.3 is 4.90 Å². The van der Waals surface area contributed by atoms with Crippen molar-refractivity contribution in [2.45, 2.75) is 20.3 Å². The minimum atomic E-state index is -0.217. The Bertz CT molecular complexity index is 1270. The van der Waals surface area contributed by atoms with Crippen LogP contribution in [-0.4, -0.2) is 37.7 Å². The summed E-state index contributed by atoms with van der Waals surface area (Å²) in [6, 6.07) is 8.11. The highest BCUT2D eigenvalue weighted by molar-refractivity contribution is 5.84. The SMILES string of the molecule is Cc1c(-c2cccc3c2CCN3C)c(C)n2cnn(-c3ncccn3)c(=O)c12. The topological polar surface area (TPSA) is 68.3 Å². The van der Waals surface area contributed by atoms with Gasteiger partial charge >= 0.3 is 0 Å². The molecule has 0 aliphatic carbocycles. The Hall–Kier alpha value is -3.48. The highest BCUT2D eigenvalue weighted by atomic mass is 16.1. The molecule has 0 atom stereocenters. The molecule has 5 rings (SSSR count). The molecule has 1 aliphatic rings. The Morgan fingerprint density at radius 3 is 2.64 bits per heavy atom. The summed E-state index contributed by atoms with van der Waals surface area (Å²) in [4.78, 5) is 23.8. The van der Waals surface area contributed by atoms with E-state index in [-0.39, 0.29) is 11.5 Å². The van der Waals surface area contributed by atoms with Gasteiger partial charge in [-0.05, 0) is 49.1 Å². The average Bonchev–Trinajstić information content (AvgIpc) is 3.21. The average molecular weight is 372 g/mol. The second-order valence-corrected chi connectivity index (χ2v) is 7.18. The van der Waals surface area contributed by atoms with Gasteiger partial charge in [-0.1, -0.05) is 12.1 Å². The van der Waals surface area contributed by atoms with Gasteiger partial charge in [0.15, 0.2) is 0 Å². The summed E-state index contributed by atoms with van der Waals surface area (Å²) in [6.07, 6.45) is 5.89. The molecule has 0 unspecified atom stereocenters. The molecule has 7 heteroatoms.